The van der Waals surface area contributed by atoms with Crippen molar-refractivity contribution in [3.05, 3.63) is 58.1 Å². The predicted molar refractivity (Wildman–Crippen MR) is 133 cm³/mol. The van der Waals surface area contributed by atoms with Gasteiger partial charge in [0.1, 0.15) is 0 Å². The molecule has 2 aromatic carbocycles. The Balaban J connectivity index is 1.37. The number of benzene rings is 2. The Morgan fingerprint density at radius 3 is 2.35 bits per heavy atom. The molecule has 0 aromatic heterocycles. The summed E-state index contributed by atoms with van der Waals surface area (Å²) in [7, 11) is 2.09. The summed E-state index contributed by atoms with van der Waals surface area (Å²) in [6.07, 6.45) is 4.90. The topological polar surface area (TPSA) is 73.0 Å². The highest BCUT2D eigenvalue weighted by atomic mass is 35.5. The number of imide groups is 1. The monoisotopic (exact) mass is 480 g/mol. The SMILES string of the molecule is CN1CCN(c2ccc(Cl)cc2NC(=O)c2ccc3c(c2)C(=O)N(C2CCCCC2)C3=O)CC1. The van der Waals surface area contributed by atoms with Crippen molar-refractivity contribution < 1.29 is 14.4 Å². The Kier molecular flexibility index (Phi) is 6.32. The number of hydrogen-bond donors (Lipinski definition) is 1. The quantitative estimate of drug-likeness (QED) is 0.661. The van der Waals surface area contributed by atoms with Gasteiger partial charge in [-0.3, -0.25) is 19.3 Å². The molecule has 8 heteroatoms. The molecule has 2 fully saturated rings. The number of amides is 3. The zero-order valence-electron chi connectivity index (χ0n) is 19.3. The van der Waals surface area contributed by atoms with Gasteiger partial charge in [0, 0.05) is 42.8 Å². The predicted octanol–water partition coefficient (Wildman–Crippen LogP) is 4.27. The highest BCUT2D eigenvalue weighted by molar-refractivity contribution is 6.31. The Labute approximate surface area is 204 Å². The van der Waals surface area contributed by atoms with Crippen molar-refractivity contribution in [1.82, 2.24) is 9.80 Å². The highest BCUT2D eigenvalue weighted by Gasteiger charge is 2.40. The van der Waals surface area contributed by atoms with E-state index in [0.717, 1.165) is 64.0 Å². The molecule has 0 spiro atoms. The maximum absolute atomic E-state index is 13.2. The fourth-order valence-electron chi connectivity index (χ4n) is 5.20. The summed E-state index contributed by atoms with van der Waals surface area (Å²) in [5, 5.41) is 3.51. The van der Waals surface area contributed by atoms with Crippen molar-refractivity contribution >= 4 is 40.7 Å². The van der Waals surface area contributed by atoms with Gasteiger partial charge in [-0.25, -0.2) is 0 Å². The van der Waals surface area contributed by atoms with Crippen LogP contribution in [0.3, 0.4) is 0 Å². The molecule has 3 aliphatic rings. The van der Waals surface area contributed by atoms with Crippen LogP contribution in [0.25, 0.3) is 0 Å². The summed E-state index contributed by atoms with van der Waals surface area (Å²) in [6.45, 7) is 3.59. The van der Waals surface area contributed by atoms with E-state index < -0.39 is 0 Å². The molecule has 7 nitrogen and oxygen atoms in total. The van der Waals surface area contributed by atoms with Crippen LogP contribution in [0.1, 0.15) is 63.2 Å². The molecule has 1 saturated carbocycles. The van der Waals surface area contributed by atoms with E-state index in [-0.39, 0.29) is 23.8 Å². The average Bonchev–Trinajstić information content (AvgIpc) is 3.10. The van der Waals surface area contributed by atoms with Gasteiger partial charge in [0.25, 0.3) is 17.7 Å². The Morgan fingerprint density at radius 1 is 0.912 bits per heavy atom. The van der Waals surface area contributed by atoms with Crippen LogP contribution < -0.4 is 10.2 Å². The van der Waals surface area contributed by atoms with Crippen LogP contribution in [0.2, 0.25) is 5.02 Å². The number of hydrogen-bond acceptors (Lipinski definition) is 5. The number of rotatable bonds is 4. The number of fused-ring (bicyclic) bond motifs is 1. The second-order valence-corrected chi connectivity index (χ2v) is 9.87. The first-order chi connectivity index (χ1) is 16.4. The maximum atomic E-state index is 13.2. The van der Waals surface area contributed by atoms with E-state index in [4.69, 9.17) is 11.6 Å². The first-order valence-electron chi connectivity index (χ1n) is 12.0. The number of nitrogens with one attached hydrogen (secondary N) is 1. The largest absolute Gasteiger partial charge is 0.367 e. The average molecular weight is 481 g/mol. The number of piperazine rings is 1. The zero-order valence-corrected chi connectivity index (χ0v) is 20.1. The van der Waals surface area contributed by atoms with E-state index in [1.54, 1.807) is 24.3 Å². The van der Waals surface area contributed by atoms with Crippen molar-refractivity contribution in [3.63, 3.8) is 0 Å². The smallest absolute Gasteiger partial charge is 0.261 e. The number of nitrogens with zero attached hydrogens (tertiary/aromatic N) is 3. The van der Waals surface area contributed by atoms with Gasteiger partial charge in [-0.2, -0.15) is 0 Å². The lowest BCUT2D eigenvalue weighted by molar-refractivity contribution is 0.0549. The van der Waals surface area contributed by atoms with Crippen molar-refractivity contribution in [3.8, 4) is 0 Å². The van der Waals surface area contributed by atoms with Crippen LogP contribution in [0, 0.1) is 0 Å². The second kappa shape index (κ2) is 9.39. The van der Waals surface area contributed by atoms with Crippen LogP contribution >= 0.6 is 11.6 Å². The van der Waals surface area contributed by atoms with Crippen molar-refractivity contribution in [2.24, 2.45) is 0 Å². The molecule has 34 heavy (non-hydrogen) atoms. The lowest BCUT2D eigenvalue weighted by Crippen LogP contribution is -2.44. The van der Waals surface area contributed by atoms with Crippen LogP contribution in [-0.2, 0) is 0 Å². The number of halogens is 1. The Hall–Kier alpha value is -2.90. The summed E-state index contributed by atoms with van der Waals surface area (Å²) in [5.41, 5.74) is 2.59. The van der Waals surface area contributed by atoms with Crippen LogP contribution in [-0.4, -0.2) is 66.8 Å². The molecule has 1 aliphatic carbocycles. The van der Waals surface area contributed by atoms with Crippen LogP contribution in [0.5, 0.6) is 0 Å². The van der Waals surface area contributed by atoms with E-state index in [2.05, 4.69) is 22.2 Å². The molecular formula is C26H29ClN4O3. The van der Waals surface area contributed by atoms with Gasteiger partial charge in [-0.15, -0.1) is 0 Å². The molecule has 178 valence electrons. The minimum Gasteiger partial charge on any atom is -0.367 e. The molecule has 2 aromatic rings. The second-order valence-electron chi connectivity index (χ2n) is 9.44. The summed E-state index contributed by atoms with van der Waals surface area (Å²) >= 11 is 6.24. The Morgan fingerprint density at radius 2 is 1.62 bits per heavy atom. The molecule has 0 unspecified atom stereocenters. The van der Waals surface area contributed by atoms with Crippen LogP contribution in [0.4, 0.5) is 11.4 Å². The van der Waals surface area contributed by atoms with Gasteiger partial charge in [-0.1, -0.05) is 30.9 Å². The van der Waals surface area contributed by atoms with Crippen molar-refractivity contribution in [2.45, 2.75) is 38.1 Å². The maximum Gasteiger partial charge on any atom is 0.261 e. The number of likely N-dealkylation sites (N-methyl/N-ethyl adjacent to an activating group) is 1. The van der Waals surface area contributed by atoms with Gasteiger partial charge in [0.15, 0.2) is 0 Å². The molecule has 2 aliphatic heterocycles. The summed E-state index contributed by atoms with van der Waals surface area (Å²) in [4.78, 5) is 45.2. The molecule has 3 amide bonds. The first kappa shape index (κ1) is 22.9. The highest BCUT2D eigenvalue weighted by Crippen LogP contribution is 2.33. The van der Waals surface area contributed by atoms with Crippen molar-refractivity contribution in [1.29, 1.82) is 0 Å². The number of anilines is 2. The molecular weight excluding hydrogens is 452 g/mol. The Bertz CT molecular complexity index is 1140. The van der Waals surface area contributed by atoms with E-state index in [9.17, 15) is 14.4 Å². The molecule has 0 bridgehead atoms. The third kappa shape index (κ3) is 4.30. The third-order valence-corrected chi connectivity index (χ3v) is 7.41. The molecule has 2 heterocycles. The van der Waals surface area contributed by atoms with E-state index in [1.807, 2.05) is 12.1 Å². The van der Waals surface area contributed by atoms with Gasteiger partial charge in [-0.05, 0) is 56.3 Å². The zero-order chi connectivity index (χ0) is 23.8. The van der Waals surface area contributed by atoms with Gasteiger partial charge >= 0.3 is 0 Å². The molecule has 1 saturated heterocycles. The molecule has 0 atom stereocenters. The van der Waals surface area contributed by atoms with E-state index in [0.29, 0.717) is 27.4 Å². The summed E-state index contributed by atoms with van der Waals surface area (Å²) < 4.78 is 0. The van der Waals surface area contributed by atoms with E-state index in [1.165, 1.54) is 4.90 Å². The van der Waals surface area contributed by atoms with Gasteiger partial charge in [0.05, 0.1) is 22.5 Å². The minimum atomic E-state index is -0.336. The number of carbonyl (C=O) groups excluding carboxylic acids is 3. The van der Waals surface area contributed by atoms with Crippen molar-refractivity contribution in [2.75, 3.05) is 43.4 Å². The third-order valence-electron chi connectivity index (χ3n) is 7.17. The molecule has 5 rings (SSSR count). The van der Waals surface area contributed by atoms with Crippen LogP contribution in [0.15, 0.2) is 36.4 Å². The van der Waals surface area contributed by atoms with Gasteiger partial charge < -0.3 is 15.1 Å². The fraction of sp³-hybridized carbons (Fsp3) is 0.423. The lowest BCUT2D eigenvalue weighted by Gasteiger charge is -2.35. The molecule has 1 N–H and O–H groups in total. The lowest BCUT2D eigenvalue weighted by atomic mass is 9.94. The minimum absolute atomic E-state index is 0.0453. The normalized spacial score (nSPS) is 19.5. The summed E-state index contributed by atoms with van der Waals surface area (Å²) in [6, 6.07) is 10.2. The standard InChI is InChI=1S/C26H29ClN4O3/c1-29-11-13-30(14-12-29)23-10-8-18(27)16-22(23)28-24(32)17-7-9-20-21(15-17)26(34)31(25(20)33)19-5-3-2-4-6-19/h7-10,15-16,19H,2-6,11-14H2,1H3,(H,28,32). The van der Waals surface area contributed by atoms with E-state index >= 15 is 0 Å². The molecule has 0 radical (unpaired) electrons. The van der Waals surface area contributed by atoms with Gasteiger partial charge in [0.2, 0.25) is 0 Å². The number of carbonyl (C=O) groups is 3. The first-order valence-corrected chi connectivity index (χ1v) is 12.4. The fourth-order valence-corrected chi connectivity index (χ4v) is 5.37. The summed E-state index contributed by atoms with van der Waals surface area (Å²) in [5.74, 6) is -0.870.